The van der Waals surface area contributed by atoms with E-state index in [9.17, 15) is 4.79 Å². The van der Waals surface area contributed by atoms with Crippen molar-refractivity contribution in [2.45, 2.75) is 20.4 Å². The molecule has 1 aromatic heterocycles. The third kappa shape index (κ3) is 2.74. The van der Waals surface area contributed by atoms with E-state index in [2.05, 4.69) is 10.3 Å². The summed E-state index contributed by atoms with van der Waals surface area (Å²) in [4.78, 5) is 16.4. The zero-order valence-corrected chi connectivity index (χ0v) is 11.7. The summed E-state index contributed by atoms with van der Waals surface area (Å²) in [5, 5.41) is 2.72. The molecule has 6 nitrogen and oxygen atoms in total. The van der Waals surface area contributed by atoms with Crippen LogP contribution in [0.1, 0.15) is 27.7 Å². The highest BCUT2D eigenvalue weighted by Gasteiger charge is 2.16. The average Bonchev–Trinajstić information content (AvgIpc) is 2.74. The van der Waals surface area contributed by atoms with Gasteiger partial charge in [-0.25, -0.2) is 4.98 Å². The fourth-order valence-corrected chi connectivity index (χ4v) is 1.82. The second-order valence-corrected chi connectivity index (χ2v) is 4.36. The van der Waals surface area contributed by atoms with Crippen LogP contribution in [0.15, 0.2) is 22.6 Å². The molecule has 0 aliphatic heterocycles. The summed E-state index contributed by atoms with van der Waals surface area (Å²) in [5.41, 5.74) is 7.30. The summed E-state index contributed by atoms with van der Waals surface area (Å²) in [7, 11) is 1.49. The van der Waals surface area contributed by atoms with Gasteiger partial charge in [0.2, 0.25) is 5.89 Å². The predicted octanol–water partition coefficient (Wildman–Crippen LogP) is 1.81. The minimum absolute atomic E-state index is 0.199. The van der Waals surface area contributed by atoms with Gasteiger partial charge in [0.1, 0.15) is 17.1 Å². The van der Waals surface area contributed by atoms with Gasteiger partial charge < -0.3 is 20.2 Å². The fraction of sp³-hybridized carbons (Fsp3) is 0.286. The molecule has 20 heavy (non-hydrogen) atoms. The van der Waals surface area contributed by atoms with Gasteiger partial charge in [-0.3, -0.25) is 4.79 Å². The van der Waals surface area contributed by atoms with Crippen LogP contribution in [0.2, 0.25) is 0 Å². The first kappa shape index (κ1) is 13.9. The number of nitrogens with zero attached hydrogens (tertiary/aromatic N) is 1. The number of hydrogen-bond donors (Lipinski definition) is 2. The molecule has 106 valence electrons. The molecule has 1 aromatic carbocycles. The molecule has 3 N–H and O–H groups in total. The van der Waals surface area contributed by atoms with Crippen LogP contribution >= 0.6 is 0 Å². The van der Waals surface area contributed by atoms with Gasteiger partial charge in [0.25, 0.3) is 5.91 Å². The van der Waals surface area contributed by atoms with Crippen LogP contribution in [-0.4, -0.2) is 18.0 Å². The topological polar surface area (TPSA) is 90.4 Å². The maximum atomic E-state index is 12.2. The number of carbonyl (C=O) groups excluding carboxylic acids is 1. The Labute approximate surface area is 116 Å². The molecule has 6 heteroatoms. The predicted molar refractivity (Wildman–Crippen MR) is 74.6 cm³/mol. The van der Waals surface area contributed by atoms with Crippen LogP contribution in [0.4, 0.5) is 5.69 Å². The SMILES string of the molecule is COc1cccc(N)c1C(=O)NCc1nc(C)c(C)o1. The van der Waals surface area contributed by atoms with Crippen molar-refractivity contribution in [3.8, 4) is 5.75 Å². The average molecular weight is 275 g/mol. The van der Waals surface area contributed by atoms with E-state index in [0.29, 0.717) is 22.9 Å². The van der Waals surface area contributed by atoms with Gasteiger partial charge in [0.15, 0.2) is 0 Å². The van der Waals surface area contributed by atoms with Crippen molar-refractivity contribution < 1.29 is 13.9 Å². The van der Waals surface area contributed by atoms with Gasteiger partial charge in [-0.1, -0.05) is 6.07 Å². The van der Waals surface area contributed by atoms with Gasteiger partial charge in [0, 0.05) is 5.69 Å². The number of benzene rings is 1. The number of oxazole rings is 1. The first-order valence-corrected chi connectivity index (χ1v) is 6.16. The molecule has 0 saturated heterocycles. The molecule has 1 amide bonds. The van der Waals surface area contributed by atoms with Crippen LogP contribution in [0.3, 0.4) is 0 Å². The van der Waals surface area contributed by atoms with Crippen molar-refractivity contribution in [3.05, 3.63) is 41.1 Å². The van der Waals surface area contributed by atoms with E-state index in [1.54, 1.807) is 18.2 Å². The number of hydrogen-bond acceptors (Lipinski definition) is 5. The van der Waals surface area contributed by atoms with E-state index < -0.39 is 0 Å². The minimum atomic E-state index is -0.326. The van der Waals surface area contributed by atoms with E-state index >= 15 is 0 Å². The smallest absolute Gasteiger partial charge is 0.257 e. The molecule has 0 unspecified atom stereocenters. The number of nitrogens with two attached hydrogens (primary N) is 1. The first-order chi connectivity index (χ1) is 9.52. The molecule has 0 atom stereocenters. The molecular formula is C14H17N3O3. The highest BCUT2D eigenvalue weighted by molar-refractivity contribution is 6.01. The zero-order chi connectivity index (χ0) is 14.7. The highest BCUT2D eigenvalue weighted by Crippen LogP contribution is 2.23. The van der Waals surface area contributed by atoms with E-state index in [-0.39, 0.29) is 12.5 Å². The largest absolute Gasteiger partial charge is 0.496 e. The summed E-state index contributed by atoms with van der Waals surface area (Å²) in [5.74, 6) is 1.31. The van der Waals surface area contributed by atoms with Crippen molar-refractivity contribution in [2.75, 3.05) is 12.8 Å². The second kappa shape index (κ2) is 5.64. The maximum Gasteiger partial charge on any atom is 0.257 e. The number of aromatic nitrogens is 1. The number of amides is 1. The van der Waals surface area contributed by atoms with Crippen LogP contribution in [0.5, 0.6) is 5.75 Å². The van der Waals surface area contributed by atoms with Gasteiger partial charge >= 0.3 is 0 Å². The number of aryl methyl sites for hydroxylation is 2. The molecule has 0 saturated carbocycles. The Balaban J connectivity index is 2.13. The van der Waals surface area contributed by atoms with Crippen molar-refractivity contribution in [1.82, 2.24) is 10.3 Å². The van der Waals surface area contributed by atoms with E-state index in [1.807, 2.05) is 13.8 Å². The number of anilines is 1. The van der Waals surface area contributed by atoms with Crippen LogP contribution in [-0.2, 0) is 6.54 Å². The lowest BCUT2D eigenvalue weighted by atomic mass is 10.1. The van der Waals surface area contributed by atoms with Crippen molar-refractivity contribution in [3.63, 3.8) is 0 Å². The second-order valence-electron chi connectivity index (χ2n) is 4.36. The number of ether oxygens (including phenoxy) is 1. The fourth-order valence-electron chi connectivity index (χ4n) is 1.82. The normalized spacial score (nSPS) is 10.3. The summed E-state index contributed by atoms with van der Waals surface area (Å²) in [6.45, 7) is 3.87. The molecule has 2 aromatic rings. The molecular weight excluding hydrogens is 258 g/mol. The number of carbonyl (C=O) groups is 1. The lowest BCUT2D eigenvalue weighted by Crippen LogP contribution is -2.24. The molecule has 0 fully saturated rings. The van der Waals surface area contributed by atoms with Crippen LogP contribution in [0, 0.1) is 13.8 Å². The quantitative estimate of drug-likeness (QED) is 0.830. The number of methoxy groups -OCH3 is 1. The van der Waals surface area contributed by atoms with E-state index in [4.69, 9.17) is 14.9 Å². The summed E-state index contributed by atoms with van der Waals surface area (Å²) >= 11 is 0. The number of nitrogen functional groups attached to an aromatic ring is 1. The Bertz CT molecular complexity index is 615. The monoisotopic (exact) mass is 275 g/mol. The molecule has 0 bridgehead atoms. The number of nitrogens with one attached hydrogen (secondary N) is 1. The Morgan fingerprint density at radius 2 is 2.20 bits per heavy atom. The Kier molecular flexibility index (Phi) is 3.93. The van der Waals surface area contributed by atoms with Crippen molar-refractivity contribution in [2.24, 2.45) is 0 Å². The van der Waals surface area contributed by atoms with Gasteiger partial charge in [0.05, 0.1) is 19.3 Å². The Morgan fingerprint density at radius 1 is 1.45 bits per heavy atom. The molecule has 0 spiro atoms. The lowest BCUT2D eigenvalue weighted by Gasteiger charge is -2.10. The third-order valence-electron chi connectivity index (χ3n) is 2.98. The van der Waals surface area contributed by atoms with Gasteiger partial charge in [-0.2, -0.15) is 0 Å². The lowest BCUT2D eigenvalue weighted by molar-refractivity contribution is 0.0945. The van der Waals surface area contributed by atoms with Gasteiger partial charge in [-0.05, 0) is 26.0 Å². The minimum Gasteiger partial charge on any atom is -0.496 e. The summed E-state index contributed by atoms with van der Waals surface area (Å²) in [6, 6.07) is 5.06. The van der Waals surface area contributed by atoms with Crippen LogP contribution in [0.25, 0.3) is 0 Å². The third-order valence-corrected chi connectivity index (χ3v) is 2.98. The van der Waals surface area contributed by atoms with Crippen LogP contribution < -0.4 is 15.8 Å². The number of rotatable bonds is 4. The molecule has 0 radical (unpaired) electrons. The summed E-state index contributed by atoms with van der Waals surface area (Å²) < 4.78 is 10.5. The van der Waals surface area contributed by atoms with Crippen molar-refractivity contribution in [1.29, 1.82) is 0 Å². The highest BCUT2D eigenvalue weighted by atomic mass is 16.5. The molecule has 0 aliphatic rings. The zero-order valence-electron chi connectivity index (χ0n) is 11.7. The van der Waals surface area contributed by atoms with E-state index in [1.165, 1.54) is 7.11 Å². The summed E-state index contributed by atoms with van der Waals surface area (Å²) in [6.07, 6.45) is 0. The standard InChI is InChI=1S/C14H17N3O3/c1-8-9(2)20-12(17-8)7-16-14(18)13-10(15)5-4-6-11(13)19-3/h4-6H,7,15H2,1-3H3,(H,16,18). The Morgan fingerprint density at radius 3 is 2.80 bits per heavy atom. The molecule has 1 heterocycles. The van der Waals surface area contributed by atoms with Gasteiger partial charge in [-0.15, -0.1) is 0 Å². The Hall–Kier alpha value is -2.50. The van der Waals surface area contributed by atoms with Crippen molar-refractivity contribution >= 4 is 11.6 Å². The van der Waals surface area contributed by atoms with E-state index in [0.717, 1.165) is 11.5 Å². The maximum absolute atomic E-state index is 12.2. The molecule has 2 rings (SSSR count). The first-order valence-electron chi connectivity index (χ1n) is 6.16. The molecule has 0 aliphatic carbocycles.